The molecule has 1 heterocycles. The van der Waals surface area contributed by atoms with Gasteiger partial charge in [-0.1, -0.05) is 44.2 Å². The highest BCUT2D eigenvalue weighted by Gasteiger charge is 2.41. The van der Waals surface area contributed by atoms with E-state index < -0.39 is 0 Å². The van der Waals surface area contributed by atoms with Gasteiger partial charge in [-0.2, -0.15) is 0 Å². The maximum Gasteiger partial charge on any atom is 0.0587 e. The zero-order valence-corrected chi connectivity index (χ0v) is 10.4. The molecule has 0 fully saturated rings. The van der Waals surface area contributed by atoms with E-state index in [1.807, 2.05) is 12.3 Å². The van der Waals surface area contributed by atoms with Gasteiger partial charge in [-0.05, 0) is 30.0 Å². The second kappa shape index (κ2) is 3.69. The average molecular weight is 223 g/mol. The van der Waals surface area contributed by atoms with Gasteiger partial charge in [0.05, 0.1) is 5.69 Å². The van der Waals surface area contributed by atoms with Crippen molar-refractivity contribution in [2.75, 3.05) is 0 Å². The molecule has 1 aromatic heterocycles. The fraction of sp³-hybridized carbons (Fsp3) is 0.312. The second-order valence-corrected chi connectivity index (χ2v) is 4.73. The van der Waals surface area contributed by atoms with Gasteiger partial charge in [-0.3, -0.25) is 4.98 Å². The Morgan fingerprint density at radius 3 is 2.41 bits per heavy atom. The molecule has 2 aromatic rings. The Morgan fingerprint density at radius 1 is 0.941 bits per heavy atom. The van der Waals surface area contributed by atoms with Gasteiger partial charge >= 0.3 is 0 Å². The van der Waals surface area contributed by atoms with E-state index in [0.29, 0.717) is 0 Å². The number of aromatic nitrogens is 1. The van der Waals surface area contributed by atoms with Gasteiger partial charge in [0, 0.05) is 17.2 Å². The van der Waals surface area contributed by atoms with E-state index in [1.165, 1.54) is 22.4 Å². The Bertz CT molecular complexity index is 505. The highest BCUT2D eigenvalue weighted by atomic mass is 14.7. The third-order valence-corrected chi connectivity index (χ3v) is 4.20. The van der Waals surface area contributed by atoms with Crippen LogP contribution in [-0.4, -0.2) is 4.98 Å². The fourth-order valence-corrected chi connectivity index (χ4v) is 3.23. The molecule has 3 rings (SSSR count). The molecule has 0 N–H and O–H groups in total. The van der Waals surface area contributed by atoms with Crippen molar-refractivity contribution in [1.29, 1.82) is 0 Å². The molecule has 0 spiro atoms. The topological polar surface area (TPSA) is 12.9 Å². The van der Waals surface area contributed by atoms with Gasteiger partial charge in [0.1, 0.15) is 0 Å². The molecule has 0 atom stereocenters. The van der Waals surface area contributed by atoms with Crippen LogP contribution < -0.4 is 0 Å². The van der Waals surface area contributed by atoms with Gasteiger partial charge in [0.15, 0.2) is 0 Å². The molecule has 0 unspecified atom stereocenters. The molecule has 1 aliphatic carbocycles. The summed E-state index contributed by atoms with van der Waals surface area (Å²) in [4.78, 5) is 4.67. The molecular formula is C16H17N. The first-order chi connectivity index (χ1) is 8.33. The lowest BCUT2D eigenvalue weighted by molar-refractivity contribution is 0.477. The number of pyridine rings is 1. The zero-order valence-electron chi connectivity index (χ0n) is 10.4. The summed E-state index contributed by atoms with van der Waals surface area (Å²) in [6.07, 6.45) is 4.15. The Morgan fingerprint density at radius 2 is 1.65 bits per heavy atom. The van der Waals surface area contributed by atoms with E-state index >= 15 is 0 Å². The molecule has 1 aliphatic rings. The molecule has 0 saturated heterocycles. The van der Waals surface area contributed by atoms with E-state index in [2.05, 4.69) is 49.2 Å². The summed E-state index contributed by atoms with van der Waals surface area (Å²) < 4.78 is 0. The summed E-state index contributed by atoms with van der Waals surface area (Å²) in [5.74, 6) is 0. The van der Waals surface area contributed by atoms with Crippen LogP contribution >= 0.6 is 0 Å². The second-order valence-electron chi connectivity index (χ2n) is 4.73. The smallest absolute Gasteiger partial charge is 0.0587 e. The minimum absolute atomic E-state index is 0.132. The highest BCUT2D eigenvalue weighted by Crippen LogP contribution is 2.51. The summed E-state index contributed by atoms with van der Waals surface area (Å²) in [6, 6.07) is 13.0. The minimum Gasteiger partial charge on any atom is -0.260 e. The van der Waals surface area contributed by atoms with E-state index in [1.54, 1.807) is 0 Å². The predicted octanol–water partition coefficient (Wildman–Crippen LogP) is 4.17. The molecule has 1 aromatic carbocycles. The number of rotatable bonds is 2. The van der Waals surface area contributed by atoms with Crippen LogP contribution in [0, 0.1) is 0 Å². The van der Waals surface area contributed by atoms with Crippen LogP contribution in [0.5, 0.6) is 0 Å². The van der Waals surface area contributed by atoms with Crippen molar-refractivity contribution in [2.45, 2.75) is 32.1 Å². The predicted molar refractivity (Wildman–Crippen MR) is 71.0 cm³/mol. The van der Waals surface area contributed by atoms with Crippen molar-refractivity contribution in [2.24, 2.45) is 0 Å². The van der Waals surface area contributed by atoms with Gasteiger partial charge in [0.2, 0.25) is 0 Å². The largest absolute Gasteiger partial charge is 0.260 e. The summed E-state index contributed by atoms with van der Waals surface area (Å²) in [5, 5.41) is 0. The van der Waals surface area contributed by atoms with Crippen LogP contribution in [0.2, 0.25) is 0 Å². The van der Waals surface area contributed by atoms with Crippen molar-refractivity contribution < 1.29 is 0 Å². The van der Waals surface area contributed by atoms with Crippen molar-refractivity contribution >= 4 is 0 Å². The van der Waals surface area contributed by atoms with Gasteiger partial charge in [-0.15, -0.1) is 0 Å². The van der Waals surface area contributed by atoms with E-state index in [-0.39, 0.29) is 5.41 Å². The van der Waals surface area contributed by atoms with Crippen LogP contribution in [0.4, 0.5) is 0 Å². The lowest BCUT2D eigenvalue weighted by Crippen LogP contribution is -2.24. The number of hydrogen-bond acceptors (Lipinski definition) is 1. The van der Waals surface area contributed by atoms with Gasteiger partial charge in [-0.25, -0.2) is 0 Å². The Kier molecular flexibility index (Phi) is 2.29. The molecule has 0 saturated carbocycles. The summed E-state index contributed by atoms with van der Waals surface area (Å²) in [7, 11) is 0. The molecule has 0 radical (unpaired) electrons. The Hall–Kier alpha value is -1.63. The third-order valence-electron chi connectivity index (χ3n) is 4.20. The first-order valence-corrected chi connectivity index (χ1v) is 6.39. The molecule has 0 amide bonds. The molecular weight excluding hydrogens is 206 g/mol. The molecule has 1 heteroatoms. The molecule has 17 heavy (non-hydrogen) atoms. The molecule has 0 aliphatic heterocycles. The van der Waals surface area contributed by atoms with E-state index in [4.69, 9.17) is 0 Å². The lowest BCUT2D eigenvalue weighted by atomic mass is 9.76. The van der Waals surface area contributed by atoms with Gasteiger partial charge in [0.25, 0.3) is 0 Å². The zero-order chi connectivity index (χ0) is 11.9. The maximum absolute atomic E-state index is 4.67. The van der Waals surface area contributed by atoms with E-state index in [0.717, 1.165) is 12.8 Å². The van der Waals surface area contributed by atoms with Crippen molar-refractivity contribution in [3.8, 4) is 11.1 Å². The van der Waals surface area contributed by atoms with Crippen LogP contribution in [0.15, 0.2) is 42.6 Å². The first-order valence-electron chi connectivity index (χ1n) is 6.39. The van der Waals surface area contributed by atoms with Crippen molar-refractivity contribution in [3.63, 3.8) is 0 Å². The number of fused-ring (bicyclic) bond motifs is 3. The van der Waals surface area contributed by atoms with Crippen LogP contribution in [0.3, 0.4) is 0 Å². The van der Waals surface area contributed by atoms with Crippen LogP contribution in [0.25, 0.3) is 11.1 Å². The average Bonchev–Trinajstić information content (AvgIpc) is 2.70. The highest BCUT2D eigenvalue weighted by molar-refractivity contribution is 5.79. The molecule has 86 valence electrons. The number of hydrogen-bond donors (Lipinski definition) is 0. The number of benzene rings is 1. The summed E-state index contributed by atoms with van der Waals surface area (Å²) in [5.41, 5.74) is 5.56. The Labute approximate surface area is 103 Å². The van der Waals surface area contributed by atoms with Crippen molar-refractivity contribution in [3.05, 3.63) is 53.9 Å². The number of nitrogens with zero attached hydrogens (tertiary/aromatic N) is 1. The monoisotopic (exact) mass is 223 g/mol. The summed E-state index contributed by atoms with van der Waals surface area (Å²) >= 11 is 0. The van der Waals surface area contributed by atoms with Gasteiger partial charge < -0.3 is 0 Å². The molecule has 0 bridgehead atoms. The fourth-order valence-electron chi connectivity index (χ4n) is 3.23. The van der Waals surface area contributed by atoms with Crippen LogP contribution in [-0.2, 0) is 5.41 Å². The first kappa shape index (κ1) is 10.5. The van der Waals surface area contributed by atoms with E-state index in [9.17, 15) is 0 Å². The van der Waals surface area contributed by atoms with Crippen LogP contribution in [0.1, 0.15) is 37.9 Å². The lowest BCUT2D eigenvalue weighted by Gasteiger charge is -2.28. The van der Waals surface area contributed by atoms with Crippen molar-refractivity contribution in [1.82, 2.24) is 4.98 Å². The quantitative estimate of drug-likeness (QED) is 0.744. The Balaban J connectivity index is 2.38. The third kappa shape index (κ3) is 1.22. The SMILES string of the molecule is CCC1(CC)c2ccccc2-c2cccnc21. The minimum atomic E-state index is 0.132. The molecule has 1 nitrogen and oxygen atoms in total. The standard InChI is InChI=1S/C16H17N/c1-3-16(4-2)14-10-6-5-8-12(14)13-9-7-11-17-15(13)16/h5-11H,3-4H2,1-2H3. The normalized spacial score (nSPS) is 15.4. The summed E-state index contributed by atoms with van der Waals surface area (Å²) in [6.45, 7) is 4.54. The maximum atomic E-state index is 4.67.